The van der Waals surface area contributed by atoms with E-state index in [0.717, 1.165) is 24.8 Å². The molecule has 3 aliphatic rings. The second-order valence-corrected chi connectivity index (χ2v) is 17.5. The second-order valence-electron chi connectivity index (χ2n) is 13.7. The molecule has 9 nitrogen and oxygen atoms in total. The molecule has 2 fully saturated rings. The van der Waals surface area contributed by atoms with Crippen molar-refractivity contribution in [2.45, 2.75) is 109 Å². The van der Waals surface area contributed by atoms with Gasteiger partial charge in [-0.15, -0.1) is 0 Å². The van der Waals surface area contributed by atoms with Crippen LogP contribution in [0.4, 0.5) is 15.5 Å². The Morgan fingerprint density at radius 2 is 1.96 bits per heavy atom. The van der Waals surface area contributed by atoms with Crippen molar-refractivity contribution in [1.82, 2.24) is 4.90 Å². The number of aliphatic hydroxyl groups excluding tert-OH is 2. The molecule has 6 atom stereocenters. The molecule has 0 aromatic heterocycles. The number of halogens is 1. The first-order chi connectivity index (χ1) is 21.1. The van der Waals surface area contributed by atoms with Gasteiger partial charge in [0.25, 0.3) is 11.8 Å². The lowest BCUT2D eigenvalue weighted by Crippen LogP contribution is -2.45. The SMILES string of the molecule is CC(C)=CCC/C(C)=C/CN1C(=O)[C@]2(O[C@H](CC(=O)N3CCC[C@H]3CO)[C@@H]([Si](C)(C)F)[C@@H]2C)c2cc(NC(=O)[C@H](C)O)ccc21. The molecule has 4 rings (SSSR count). The lowest BCUT2D eigenvalue weighted by molar-refractivity contribution is -0.149. The van der Waals surface area contributed by atoms with Gasteiger partial charge >= 0.3 is 0 Å². The van der Waals surface area contributed by atoms with Crippen molar-refractivity contribution < 1.29 is 33.4 Å². The van der Waals surface area contributed by atoms with E-state index in [-0.39, 0.29) is 30.9 Å². The standard InChI is InChI=1S/C34H50FN3O6Si/c1-21(2)10-8-11-22(3)15-17-38-28-14-13-25(36-32(42)24(5)40)18-27(28)34(33(38)43)23(4)31(45(6,7)35)29(44-34)19-30(41)37-16-9-12-26(37)20-39/h10,13-15,18,23-24,26,29,31,39-40H,8-9,11-12,16-17,19-20H2,1-7H3,(H,36,42)/b22-15+/t23-,24-,26-,29+,31-,34+/m0/s1. The number of likely N-dealkylation sites (tertiary alicyclic amines) is 1. The summed E-state index contributed by atoms with van der Waals surface area (Å²) >= 11 is 0. The van der Waals surface area contributed by atoms with Gasteiger partial charge < -0.3 is 34.2 Å². The van der Waals surface area contributed by atoms with Gasteiger partial charge in [-0.1, -0.05) is 30.2 Å². The molecule has 0 saturated carbocycles. The molecule has 45 heavy (non-hydrogen) atoms. The van der Waals surface area contributed by atoms with Crippen molar-refractivity contribution >= 4 is 37.5 Å². The van der Waals surface area contributed by atoms with E-state index in [9.17, 15) is 24.6 Å². The molecule has 3 aliphatic heterocycles. The maximum Gasteiger partial charge on any atom is 0.264 e. The largest absolute Gasteiger partial charge is 0.394 e. The number of hydrogen-bond acceptors (Lipinski definition) is 6. The maximum absolute atomic E-state index is 16.2. The third-order valence-electron chi connectivity index (χ3n) is 9.61. The van der Waals surface area contributed by atoms with Crippen LogP contribution in [0, 0.1) is 5.92 Å². The van der Waals surface area contributed by atoms with Crippen molar-refractivity contribution in [1.29, 1.82) is 0 Å². The first-order valence-corrected chi connectivity index (χ1v) is 19.1. The Kier molecular flexibility index (Phi) is 10.8. The lowest BCUT2D eigenvalue weighted by atomic mass is 9.82. The number of carbonyl (C=O) groups excluding carboxylic acids is 3. The highest BCUT2D eigenvalue weighted by atomic mass is 28.4. The summed E-state index contributed by atoms with van der Waals surface area (Å²) < 4.78 is 23.0. The molecule has 1 spiro atoms. The van der Waals surface area contributed by atoms with Crippen LogP contribution in [0.3, 0.4) is 0 Å². The number of ether oxygens (including phenoxy) is 1. The van der Waals surface area contributed by atoms with Crippen molar-refractivity contribution in [3.05, 3.63) is 47.1 Å². The molecule has 1 aromatic rings. The molecule has 0 aliphatic carbocycles. The number of hydrogen-bond donors (Lipinski definition) is 3. The maximum atomic E-state index is 16.2. The summed E-state index contributed by atoms with van der Waals surface area (Å²) in [7, 11) is -3.50. The molecule has 3 amide bonds. The number of fused-ring (bicyclic) bond motifs is 2. The number of aliphatic hydroxyl groups is 2. The number of rotatable bonds is 11. The van der Waals surface area contributed by atoms with E-state index in [1.807, 2.05) is 19.9 Å². The summed E-state index contributed by atoms with van der Waals surface area (Å²) in [6, 6.07) is 4.85. The van der Waals surface area contributed by atoms with Gasteiger partial charge in [0.1, 0.15) is 6.10 Å². The predicted octanol–water partition coefficient (Wildman–Crippen LogP) is 5.19. The van der Waals surface area contributed by atoms with Crippen LogP contribution in [-0.2, 0) is 24.7 Å². The molecule has 1 aromatic carbocycles. The number of nitrogens with zero attached hydrogens (tertiary/aromatic N) is 2. The highest BCUT2D eigenvalue weighted by Gasteiger charge is 2.67. The minimum Gasteiger partial charge on any atom is -0.394 e. The van der Waals surface area contributed by atoms with Crippen LogP contribution in [0.2, 0.25) is 18.6 Å². The van der Waals surface area contributed by atoms with Crippen LogP contribution < -0.4 is 10.2 Å². The summed E-state index contributed by atoms with van der Waals surface area (Å²) in [6.45, 7) is 13.2. The van der Waals surface area contributed by atoms with Crippen LogP contribution in [0.5, 0.6) is 0 Å². The van der Waals surface area contributed by atoms with E-state index in [0.29, 0.717) is 36.4 Å². The Balaban J connectivity index is 1.74. The van der Waals surface area contributed by atoms with Gasteiger partial charge in [-0.3, -0.25) is 14.4 Å². The molecule has 3 N–H and O–H groups in total. The third-order valence-corrected chi connectivity index (χ3v) is 12.1. The lowest BCUT2D eigenvalue weighted by Gasteiger charge is -2.31. The summed E-state index contributed by atoms with van der Waals surface area (Å²) in [5.41, 5.74) is 1.67. The zero-order chi connectivity index (χ0) is 33.3. The number of benzene rings is 1. The fourth-order valence-corrected chi connectivity index (χ4v) is 9.83. The predicted molar refractivity (Wildman–Crippen MR) is 176 cm³/mol. The van der Waals surface area contributed by atoms with E-state index >= 15 is 4.11 Å². The van der Waals surface area contributed by atoms with Crippen LogP contribution in [0.25, 0.3) is 0 Å². The quantitative estimate of drug-likeness (QED) is 0.173. The highest BCUT2D eigenvalue weighted by Crippen LogP contribution is 2.60. The average molecular weight is 644 g/mol. The van der Waals surface area contributed by atoms with Gasteiger partial charge in [0, 0.05) is 35.8 Å². The number of amides is 3. The van der Waals surface area contributed by atoms with E-state index < -0.39 is 43.6 Å². The highest BCUT2D eigenvalue weighted by molar-refractivity contribution is 6.72. The van der Waals surface area contributed by atoms with E-state index in [1.165, 1.54) is 12.5 Å². The number of allylic oxidation sites excluding steroid dienone is 3. The zero-order valence-corrected chi connectivity index (χ0v) is 28.7. The molecule has 2 saturated heterocycles. The van der Waals surface area contributed by atoms with Gasteiger partial charge in [0.05, 0.1) is 30.9 Å². The van der Waals surface area contributed by atoms with Gasteiger partial charge in [-0.05, 0) is 84.7 Å². The van der Waals surface area contributed by atoms with E-state index in [4.69, 9.17) is 4.74 Å². The Labute approximate surface area is 267 Å². The Bertz CT molecular complexity index is 1350. The van der Waals surface area contributed by atoms with E-state index in [1.54, 1.807) is 41.1 Å². The van der Waals surface area contributed by atoms with E-state index in [2.05, 4.69) is 25.2 Å². The Hall–Kier alpha value is -2.86. The Morgan fingerprint density at radius 3 is 2.58 bits per heavy atom. The zero-order valence-electron chi connectivity index (χ0n) is 27.7. The van der Waals surface area contributed by atoms with Crippen molar-refractivity contribution in [2.24, 2.45) is 5.92 Å². The van der Waals surface area contributed by atoms with Gasteiger partial charge in [-0.2, -0.15) is 0 Å². The number of carbonyl (C=O) groups is 3. The summed E-state index contributed by atoms with van der Waals surface area (Å²) in [5.74, 6) is -1.72. The topological polar surface area (TPSA) is 119 Å². The minimum absolute atomic E-state index is 0.0853. The van der Waals surface area contributed by atoms with Crippen molar-refractivity contribution in [2.75, 3.05) is 29.9 Å². The molecular formula is C34H50FN3O6Si. The fraction of sp³-hybridized carbons (Fsp3) is 0.618. The van der Waals surface area contributed by atoms with Crippen LogP contribution >= 0.6 is 0 Å². The van der Waals surface area contributed by atoms with Crippen LogP contribution in [0.1, 0.15) is 72.3 Å². The monoisotopic (exact) mass is 643 g/mol. The summed E-state index contributed by atoms with van der Waals surface area (Å²) in [5, 5.41) is 22.3. The third kappa shape index (κ3) is 7.11. The van der Waals surface area contributed by atoms with Crippen molar-refractivity contribution in [3.8, 4) is 0 Å². The molecule has 0 bridgehead atoms. The first-order valence-electron chi connectivity index (χ1n) is 16.1. The number of nitrogens with one attached hydrogen (secondary N) is 1. The molecule has 0 radical (unpaired) electrons. The first kappa shape index (κ1) is 35.0. The molecule has 11 heteroatoms. The smallest absolute Gasteiger partial charge is 0.264 e. The number of anilines is 2. The molecular weight excluding hydrogens is 593 g/mol. The van der Waals surface area contributed by atoms with Crippen LogP contribution in [-0.4, -0.2) is 79.2 Å². The van der Waals surface area contributed by atoms with Gasteiger partial charge in [0.2, 0.25) is 14.3 Å². The molecule has 3 heterocycles. The molecule has 0 unspecified atom stereocenters. The molecule has 248 valence electrons. The normalized spacial score (nSPS) is 27.2. The Morgan fingerprint density at radius 1 is 1.24 bits per heavy atom. The van der Waals surface area contributed by atoms with Crippen LogP contribution in [0.15, 0.2) is 41.5 Å². The summed E-state index contributed by atoms with van der Waals surface area (Å²) in [4.78, 5) is 43.8. The average Bonchev–Trinajstić information content (AvgIpc) is 3.61. The summed E-state index contributed by atoms with van der Waals surface area (Å²) in [6.07, 6.45) is 5.28. The van der Waals surface area contributed by atoms with Gasteiger partial charge in [-0.25, -0.2) is 0 Å². The van der Waals surface area contributed by atoms with Crippen molar-refractivity contribution in [3.63, 3.8) is 0 Å². The fourth-order valence-electron chi connectivity index (χ4n) is 7.33. The minimum atomic E-state index is -3.50. The van der Waals surface area contributed by atoms with Gasteiger partial charge in [0.15, 0.2) is 5.60 Å². The second kappa shape index (κ2) is 13.9.